The van der Waals surface area contributed by atoms with Crippen molar-refractivity contribution in [3.63, 3.8) is 0 Å². The third-order valence-electron chi connectivity index (χ3n) is 3.99. The number of hydrogen-bond donors (Lipinski definition) is 0. The van der Waals surface area contributed by atoms with Crippen LogP contribution in [0.15, 0.2) is 54.7 Å². The number of nitrogens with zero attached hydrogens (tertiary/aromatic N) is 2. The van der Waals surface area contributed by atoms with Gasteiger partial charge in [0.05, 0.1) is 11.2 Å². The monoisotopic (exact) mass is 337 g/mol. The van der Waals surface area contributed by atoms with Crippen molar-refractivity contribution in [3.8, 4) is 5.75 Å². The van der Waals surface area contributed by atoms with Gasteiger partial charge in [-0.1, -0.05) is 29.9 Å². The topological polar surface area (TPSA) is 27.1 Å². The smallest absolute Gasteiger partial charge is 0.121 e. The summed E-state index contributed by atoms with van der Waals surface area (Å²) in [4.78, 5) is 0. The summed E-state index contributed by atoms with van der Waals surface area (Å²) in [5.41, 5.74) is 3.62. The number of hydrogen-bond acceptors (Lipinski definition) is 2. The molecule has 2 rings (SSSR count). The number of fused-ring (bicyclic) bond motifs is 1. The lowest BCUT2D eigenvalue weighted by Crippen LogP contribution is -1.94. The molecule has 0 aliphatic heterocycles. The first kappa shape index (κ1) is 19.0. The summed E-state index contributed by atoms with van der Waals surface area (Å²) in [6.07, 6.45) is 14.4. The van der Waals surface area contributed by atoms with Gasteiger partial charge in [0.1, 0.15) is 12.4 Å². The summed E-state index contributed by atoms with van der Waals surface area (Å²) in [5, 5.41) is 5.88. The predicted molar refractivity (Wildman–Crippen MR) is 107 cm³/mol. The van der Waals surface area contributed by atoms with Crippen LogP contribution in [0.3, 0.4) is 0 Å². The van der Waals surface area contributed by atoms with E-state index in [1.165, 1.54) is 11.0 Å². The van der Waals surface area contributed by atoms with Crippen LogP contribution in [0.1, 0.15) is 38.8 Å². The second kappa shape index (κ2) is 9.87. The molecule has 0 atom stereocenters. The molecule has 0 saturated heterocycles. The van der Waals surface area contributed by atoms with Crippen LogP contribution >= 0.6 is 0 Å². The maximum absolute atomic E-state index is 5.82. The van der Waals surface area contributed by atoms with Crippen LogP contribution in [0, 0.1) is 6.42 Å². The molecule has 0 amide bonds. The van der Waals surface area contributed by atoms with Crippen LogP contribution in [0.25, 0.3) is 10.9 Å². The van der Waals surface area contributed by atoms with Gasteiger partial charge in [0, 0.05) is 18.5 Å². The zero-order valence-corrected chi connectivity index (χ0v) is 15.7. The maximum Gasteiger partial charge on any atom is 0.121 e. The SMILES string of the molecule is C=CCC[CH]/C=C/COc1ccc2c(CCC=C(C)C)nn(C)c2c1. The Balaban J connectivity index is 1.96. The fraction of sp³-hybridized carbons (Fsp3) is 0.364. The van der Waals surface area contributed by atoms with E-state index in [9.17, 15) is 0 Å². The highest BCUT2D eigenvalue weighted by molar-refractivity contribution is 5.83. The van der Waals surface area contributed by atoms with Gasteiger partial charge in [-0.2, -0.15) is 5.10 Å². The van der Waals surface area contributed by atoms with E-state index in [4.69, 9.17) is 4.74 Å². The van der Waals surface area contributed by atoms with Gasteiger partial charge < -0.3 is 4.74 Å². The van der Waals surface area contributed by atoms with Gasteiger partial charge in [-0.3, -0.25) is 4.68 Å². The molecule has 0 bridgehead atoms. The fourth-order valence-corrected chi connectivity index (χ4v) is 2.69. The van der Waals surface area contributed by atoms with Gasteiger partial charge in [-0.15, -0.1) is 6.58 Å². The highest BCUT2D eigenvalue weighted by Crippen LogP contribution is 2.24. The van der Waals surface area contributed by atoms with Gasteiger partial charge in [0.25, 0.3) is 0 Å². The number of aromatic nitrogens is 2. The van der Waals surface area contributed by atoms with Gasteiger partial charge >= 0.3 is 0 Å². The third kappa shape index (κ3) is 5.93. The van der Waals surface area contributed by atoms with Crippen LogP contribution in [0.2, 0.25) is 0 Å². The third-order valence-corrected chi connectivity index (χ3v) is 3.99. The number of allylic oxidation sites excluding steroid dienone is 4. The molecule has 1 aromatic carbocycles. The molecule has 0 spiro atoms. The Kier molecular flexibility index (Phi) is 7.52. The van der Waals surface area contributed by atoms with Gasteiger partial charge in [-0.05, 0) is 58.1 Å². The number of unbranched alkanes of at least 4 members (excludes halogenated alkanes) is 2. The molecule has 3 nitrogen and oxygen atoms in total. The van der Waals surface area contributed by atoms with Crippen molar-refractivity contribution < 1.29 is 4.74 Å². The fourth-order valence-electron chi connectivity index (χ4n) is 2.69. The Hall–Kier alpha value is -2.29. The zero-order valence-electron chi connectivity index (χ0n) is 15.7. The summed E-state index contributed by atoms with van der Waals surface area (Å²) in [7, 11) is 1.99. The number of ether oxygens (including phenoxy) is 1. The molecule has 1 radical (unpaired) electrons. The van der Waals surface area contributed by atoms with Crippen molar-refractivity contribution in [2.45, 2.75) is 39.5 Å². The number of rotatable bonds is 10. The minimum absolute atomic E-state index is 0.571. The molecule has 3 heteroatoms. The van der Waals surface area contributed by atoms with Crippen LogP contribution in [0.5, 0.6) is 5.75 Å². The Bertz CT molecular complexity index is 749. The van der Waals surface area contributed by atoms with Crippen LogP contribution < -0.4 is 4.74 Å². The molecule has 0 aliphatic carbocycles. The molecule has 0 saturated carbocycles. The van der Waals surface area contributed by atoms with Gasteiger partial charge in [-0.25, -0.2) is 0 Å². The molecule has 25 heavy (non-hydrogen) atoms. The number of benzene rings is 1. The predicted octanol–water partition coefficient (Wildman–Crippen LogP) is 5.58. The second-order valence-electron chi connectivity index (χ2n) is 6.41. The zero-order chi connectivity index (χ0) is 18.1. The summed E-state index contributed by atoms with van der Waals surface area (Å²) in [6.45, 7) is 8.55. The Morgan fingerprint density at radius 1 is 1.24 bits per heavy atom. The molecule has 0 unspecified atom stereocenters. The average molecular weight is 337 g/mol. The minimum Gasteiger partial charge on any atom is -0.489 e. The standard InChI is InChI=1S/C22H29N2O/c1-5-6-7-8-9-10-16-25-19-14-15-20-21(13-11-12-18(2)3)23-24(4)22(20)17-19/h5,8-10,12,14-15,17H,1,6-7,11,13,16H2,2-4H3/b10-9+. The molecule has 0 fully saturated rings. The normalized spacial score (nSPS) is 11.2. The highest BCUT2D eigenvalue weighted by atomic mass is 16.5. The molecule has 2 aromatic rings. The van der Waals surface area contributed by atoms with Gasteiger partial charge in [0.15, 0.2) is 0 Å². The highest BCUT2D eigenvalue weighted by Gasteiger charge is 2.09. The van der Waals surface area contributed by atoms with E-state index in [-0.39, 0.29) is 0 Å². The Morgan fingerprint density at radius 3 is 2.84 bits per heavy atom. The molecule has 1 aromatic heterocycles. The Labute approximate surface area is 151 Å². The first-order valence-corrected chi connectivity index (χ1v) is 8.93. The van der Waals surface area contributed by atoms with Crippen molar-refractivity contribution in [2.75, 3.05) is 6.61 Å². The molecule has 1 heterocycles. The summed E-state index contributed by atoms with van der Waals surface area (Å²) >= 11 is 0. The van der Waals surface area contributed by atoms with Crippen molar-refractivity contribution in [3.05, 3.63) is 66.8 Å². The van der Waals surface area contributed by atoms with Crippen LogP contribution in [-0.4, -0.2) is 16.4 Å². The molecule has 133 valence electrons. The van der Waals surface area contributed by atoms with E-state index in [0.717, 1.165) is 42.6 Å². The summed E-state index contributed by atoms with van der Waals surface area (Å²) < 4.78 is 7.76. The van der Waals surface area contributed by atoms with E-state index in [0.29, 0.717) is 6.61 Å². The first-order chi connectivity index (χ1) is 12.1. The van der Waals surface area contributed by atoms with Crippen molar-refractivity contribution in [2.24, 2.45) is 7.05 Å². The lowest BCUT2D eigenvalue weighted by atomic mass is 10.1. The summed E-state index contributed by atoms with van der Waals surface area (Å²) in [5.74, 6) is 0.877. The Morgan fingerprint density at radius 2 is 2.08 bits per heavy atom. The van der Waals surface area contributed by atoms with Crippen LogP contribution in [0.4, 0.5) is 0 Å². The first-order valence-electron chi connectivity index (χ1n) is 8.93. The van der Waals surface area contributed by atoms with Crippen LogP contribution in [-0.2, 0) is 13.5 Å². The maximum atomic E-state index is 5.82. The molecular weight excluding hydrogens is 308 g/mol. The second-order valence-corrected chi connectivity index (χ2v) is 6.41. The quantitative estimate of drug-likeness (QED) is 0.418. The lowest BCUT2D eigenvalue weighted by molar-refractivity contribution is 0.363. The molecule has 0 aliphatic rings. The number of aryl methyl sites for hydroxylation is 2. The van der Waals surface area contributed by atoms with E-state index >= 15 is 0 Å². The van der Waals surface area contributed by atoms with E-state index in [2.05, 4.69) is 50.2 Å². The van der Waals surface area contributed by atoms with Gasteiger partial charge in [0.2, 0.25) is 0 Å². The largest absolute Gasteiger partial charge is 0.489 e. The molecule has 0 N–H and O–H groups in total. The van der Waals surface area contributed by atoms with Crippen molar-refractivity contribution in [1.82, 2.24) is 9.78 Å². The molecular formula is C22H29N2O. The van der Waals surface area contributed by atoms with E-state index in [1.807, 2.05) is 36.0 Å². The van der Waals surface area contributed by atoms with Crippen molar-refractivity contribution >= 4 is 10.9 Å². The minimum atomic E-state index is 0.571. The summed E-state index contributed by atoms with van der Waals surface area (Å²) in [6, 6.07) is 6.22. The van der Waals surface area contributed by atoms with E-state index < -0.39 is 0 Å². The van der Waals surface area contributed by atoms with Crippen molar-refractivity contribution in [1.29, 1.82) is 0 Å². The van der Waals surface area contributed by atoms with E-state index in [1.54, 1.807) is 0 Å². The average Bonchev–Trinajstić information content (AvgIpc) is 2.89. The lowest BCUT2D eigenvalue weighted by Gasteiger charge is -2.04.